The lowest BCUT2D eigenvalue weighted by Crippen LogP contribution is -2.18. The molecule has 2 heterocycles. The highest BCUT2D eigenvalue weighted by Crippen LogP contribution is 2.21. The molecule has 0 unspecified atom stereocenters. The van der Waals surface area contributed by atoms with Crippen LogP contribution in [0.2, 0.25) is 0 Å². The summed E-state index contributed by atoms with van der Waals surface area (Å²) in [6.07, 6.45) is 1.77. The first-order valence-corrected chi connectivity index (χ1v) is 6.22. The molecule has 0 saturated heterocycles. The van der Waals surface area contributed by atoms with Crippen molar-refractivity contribution in [2.45, 2.75) is 32.7 Å². The first kappa shape index (κ1) is 13.3. The molecule has 0 saturated carbocycles. The van der Waals surface area contributed by atoms with Gasteiger partial charge in [-0.2, -0.15) is 5.10 Å². The molecule has 6 heteroatoms. The number of aromatic nitrogens is 4. The lowest BCUT2D eigenvalue weighted by Gasteiger charge is -2.18. The number of nitrogens with two attached hydrogens (primary N) is 1. The van der Waals surface area contributed by atoms with Gasteiger partial charge >= 0.3 is 0 Å². The Kier molecular flexibility index (Phi) is 3.42. The summed E-state index contributed by atoms with van der Waals surface area (Å²) in [5.74, 6) is 1.95. The van der Waals surface area contributed by atoms with Gasteiger partial charge in [-0.25, -0.2) is 9.97 Å². The molecule has 0 aliphatic rings. The fourth-order valence-corrected chi connectivity index (χ4v) is 1.65. The first-order chi connectivity index (χ1) is 8.86. The third-order valence-corrected chi connectivity index (χ3v) is 2.79. The van der Waals surface area contributed by atoms with Crippen molar-refractivity contribution in [1.82, 2.24) is 19.7 Å². The van der Waals surface area contributed by atoms with Gasteiger partial charge in [0.1, 0.15) is 17.5 Å². The summed E-state index contributed by atoms with van der Waals surface area (Å²) >= 11 is 0. The van der Waals surface area contributed by atoms with Crippen LogP contribution in [0.15, 0.2) is 18.3 Å². The molecule has 2 aromatic heterocycles. The molecule has 0 atom stereocenters. The van der Waals surface area contributed by atoms with Crippen LogP contribution in [0.1, 0.15) is 32.3 Å². The van der Waals surface area contributed by atoms with E-state index in [4.69, 9.17) is 5.73 Å². The van der Waals surface area contributed by atoms with Crippen molar-refractivity contribution in [3.8, 4) is 0 Å². The van der Waals surface area contributed by atoms with Gasteiger partial charge in [0.25, 0.3) is 0 Å². The number of nitrogens with zero attached hydrogens (tertiary/aromatic N) is 4. The highest BCUT2D eigenvalue weighted by atomic mass is 15.3. The predicted molar refractivity (Wildman–Crippen MR) is 75.7 cm³/mol. The second-order valence-corrected chi connectivity index (χ2v) is 5.55. The van der Waals surface area contributed by atoms with Crippen LogP contribution in [-0.4, -0.2) is 19.7 Å². The van der Waals surface area contributed by atoms with Crippen molar-refractivity contribution in [2.75, 3.05) is 11.1 Å². The predicted octanol–water partition coefficient (Wildman–Crippen LogP) is 1.70. The lowest BCUT2D eigenvalue weighted by atomic mass is 9.96. The minimum atomic E-state index is -0.127. The highest BCUT2D eigenvalue weighted by molar-refractivity contribution is 5.45. The maximum atomic E-state index is 5.83. The van der Waals surface area contributed by atoms with Crippen LogP contribution in [0.4, 0.5) is 11.6 Å². The third-order valence-electron chi connectivity index (χ3n) is 2.79. The molecule has 0 fully saturated rings. The van der Waals surface area contributed by atoms with Crippen molar-refractivity contribution in [1.29, 1.82) is 0 Å². The molecule has 2 aromatic rings. The van der Waals surface area contributed by atoms with E-state index in [1.165, 1.54) is 0 Å². The molecule has 6 nitrogen and oxygen atoms in total. The number of hydrogen-bond acceptors (Lipinski definition) is 5. The summed E-state index contributed by atoms with van der Waals surface area (Å²) in [5.41, 5.74) is 6.78. The second-order valence-electron chi connectivity index (χ2n) is 5.55. The maximum absolute atomic E-state index is 5.83. The zero-order valence-corrected chi connectivity index (χ0v) is 11.8. The smallest absolute Gasteiger partial charge is 0.138 e. The third kappa shape index (κ3) is 3.21. The van der Waals surface area contributed by atoms with Crippen molar-refractivity contribution in [2.24, 2.45) is 7.05 Å². The molecule has 0 spiro atoms. The molecule has 2 rings (SSSR count). The van der Waals surface area contributed by atoms with E-state index in [1.807, 2.05) is 17.8 Å². The molecule has 0 radical (unpaired) electrons. The van der Waals surface area contributed by atoms with Gasteiger partial charge in [0, 0.05) is 24.7 Å². The minimum Gasteiger partial charge on any atom is -0.384 e. The molecular formula is C13H20N6. The van der Waals surface area contributed by atoms with Gasteiger partial charge < -0.3 is 11.1 Å². The van der Waals surface area contributed by atoms with Crippen molar-refractivity contribution < 1.29 is 0 Å². The van der Waals surface area contributed by atoms with E-state index in [2.05, 4.69) is 41.2 Å². The number of nitrogen functional groups attached to an aromatic ring is 1. The summed E-state index contributed by atoms with van der Waals surface area (Å²) in [5, 5.41) is 7.37. The molecule has 0 aliphatic heterocycles. The number of anilines is 2. The fourth-order valence-electron chi connectivity index (χ4n) is 1.65. The molecular weight excluding hydrogens is 240 g/mol. The Bertz CT molecular complexity index is 567. The average molecular weight is 260 g/mol. The fraction of sp³-hybridized carbons (Fsp3) is 0.462. The summed E-state index contributed by atoms with van der Waals surface area (Å²) in [6.45, 7) is 6.84. The van der Waals surface area contributed by atoms with Crippen LogP contribution in [-0.2, 0) is 19.0 Å². The Labute approximate surface area is 113 Å². The van der Waals surface area contributed by atoms with Gasteiger partial charge in [-0.1, -0.05) is 20.8 Å². The number of aryl methyl sites for hydroxylation is 1. The van der Waals surface area contributed by atoms with Crippen molar-refractivity contribution in [3.63, 3.8) is 0 Å². The van der Waals surface area contributed by atoms with Crippen LogP contribution in [0.5, 0.6) is 0 Å². The van der Waals surface area contributed by atoms with E-state index in [-0.39, 0.29) is 5.41 Å². The van der Waals surface area contributed by atoms with Crippen LogP contribution in [0.25, 0.3) is 0 Å². The highest BCUT2D eigenvalue weighted by Gasteiger charge is 2.18. The molecule has 0 aliphatic carbocycles. The maximum Gasteiger partial charge on any atom is 0.138 e. The van der Waals surface area contributed by atoms with Crippen LogP contribution in [0.3, 0.4) is 0 Å². The largest absolute Gasteiger partial charge is 0.384 e. The zero-order chi connectivity index (χ0) is 14.0. The summed E-state index contributed by atoms with van der Waals surface area (Å²) < 4.78 is 1.82. The van der Waals surface area contributed by atoms with E-state index < -0.39 is 0 Å². The van der Waals surface area contributed by atoms with E-state index in [0.29, 0.717) is 12.4 Å². The normalized spacial score (nSPS) is 11.6. The SMILES string of the molecule is Cn1nccc1CNc1cc(N)nc(C(C)(C)C)n1. The Hall–Kier alpha value is -2.11. The van der Waals surface area contributed by atoms with Crippen molar-refractivity contribution in [3.05, 3.63) is 29.8 Å². The Balaban J connectivity index is 2.17. The molecule has 0 aromatic carbocycles. The second kappa shape index (κ2) is 4.87. The van der Waals surface area contributed by atoms with Crippen LogP contribution < -0.4 is 11.1 Å². The van der Waals surface area contributed by atoms with Crippen LogP contribution in [0, 0.1) is 0 Å². The van der Waals surface area contributed by atoms with Crippen LogP contribution >= 0.6 is 0 Å². The zero-order valence-electron chi connectivity index (χ0n) is 11.8. The standard InChI is InChI=1S/C13H20N6/c1-13(2,3)12-17-10(14)7-11(18-12)15-8-9-5-6-16-19(9)4/h5-7H,8H2,1-4H3,(H3,14,15,17,18). The summed E-state index contributed by atoms with van der Waals surface area (Å²) in [4.78, 5) is 8.78. The number of rotatable bonds is 3. The average Bonchev–Trinajstić information content (AvgIpc) is 2.70. The molecule has 0 bridgehead atoms. The van der Waals surface area contributed by atoms with Crippen molar-refractivity contribution >= 4 is 11.6 Å². The summed E-state index contributed by atoms with van der Waals surface area (Å²) in [6, 6.07) is 3.70. The minimum absolute atomic E-state index is 0.127. The quantitative estimate of drug-likeness (QED) is 0.877. The molecule has 3 N–H and O–H groups in total. The Morgan fingerprint density at radius 2 is 2.05 bits per heavy atom. The van der Waals surface area contributed by atoms with E-state index in [1.54, 1.807) is 12.3 Å². The Morgan fingerprint density at radius 1 is 1.32 bits per heavy atom. The number of hydrogen-bond donors (Lipinski definition) is 2. The van der Waals surface area contributed by atoms with E-state index >= 15 is 0 Å². The van der Waals surface area contributed by atoms with Gasteiger partial charge in [-0.15, -0.1) is 0 Å². The van der Waals surface area contributed by atoms with Gasteiger partial charge in [0.15, 0.2) is 0 Å². The monoisotopic (exact) mass is 260 g/mol. The van der Waals surface area contributed by atoms with Gasteiger partial charge in [0.05, 0.1) is 12.2 Å². The molecule has 19 heavy (non-hydrogen) atoms. The molecule has 0 amide bonds. The number of nitrogens with one attached hydrogen (secondary N) is 1. The molecule has 102 valence electrons. The Morgan fingerprint density at radius 3 is 2.63 bits per heavy atom. The van der Waals surface area contributed by atoms with Gasteiger partial charge in [-0.05, 0) is 6.07 Å². The summed E-state index contributed by atoms with van der Waals surface area (Å²) in [7, 11) is 1.91. The topological polar surface area (TPSA) is 81.7 Å². The van der Waals surface area contributed by atoms with Gasteiger partial charge in [0.2, 0.25) is 0 Å². The van der Waals surface area contributed by atoms with E-state index in [9.17, 15) is 0 Å². The first-order valence-electron chi connectivity index (χ1n) is 6.22. The lowest BCUT2D eigenvalue weighted by molar-refractivity contribution is 0.547. The van der Waals surface area contributed by atoms with E-state index in [0.717, 1.165) is 17.3 Å². The van der Waals surface area contributed by atoms with Gasteiger partial charge in [-0.3, -0.25) is 4.68 Å².